The third kappa shape index (κ3) is 2.53. The minimum Gasteiger partial charge on any atom is -0.454 e. The van der Waals surface area contributed by atoms with Crippen molar-refractivity contribution in [3.05, 3.63) is 47.5 Å². The fourth-order valence-corrected chi connectivity index (χ4v) is 1.46. The summed E-state index contributed by atoms with van der Waals surface area (Å²) in [5.74, 6) is 0.255. The van der Waals surface area contributed by atoms with E-state index in [2.05, 4.69) is 4.98 Å². The van der Waals surface area contributed by atoms with Gasteiger partial charge in [-0.25, -0.2) is 4.39 Å². The van der Waals surface area contributed by atoms with Crippen LogP contribution in [0.1, 0.15) is 11.3 Å². The van der Waals surface area contributed by atoms with Gasteiger partial charge in [-0.1, -0.05) is 0 Å². The number of nitrogens with zero attached hydrogens (tertiary/aromatic N) is 1. The largest absolute Gasteiger partial charge is 0.454 e. The first-order valence-electron chi connectivity index (χ1n) is 5.22. The van der Waals surface area contributed by atoms with E-state index in [0.717, 1.165) is 11.3 Å². The Morgan fingerprint density at radius 2 is 2.00 bits per heavy atom. The van der Waals surface area contributed by atoms with Gasteiger partial charge in [0, 0.05) is 29.7 Å². The van der Waals surface area contributed by atoms with Gasteiger partial charge in [0.1, 0.15) is 5.75 Å². The maximum absolute atomic E-state index is 13.6. The number of halogens is 1. The lowest BCUT2D eigenvalue weighted by Crippen LogP contribution is -1.95. The predicted molar refractivity (Wildman–Crippen MR) is 64.6 cm³/mol. The Balaban J connectivity index is 2.33. The van der Waals surface area contributed by atoms with Crippen molar-refractivity contribution in [1.29, 1.82) is 0 Å². The van der Waals surface area contributed by atoms with Crippen LogP contribution in [-0.4, -0.2) is 4.98 Å². The van der Waals surface area contributed by atoms with E-state index in [-0.39, 0.29) is 5.75 Å². The predicted octanol–water partition coefficient (Wildman–Crippen LogP) is 3.21. The maximum Gasteiger partial charge on any atom is 0.167 e. The second-order valence-corrected chi connectivity index (χ2v) is 3.87. The van der Waals surface area contributed by atoms with E-state index >= 15 is 0 Å². The first-order chi connectivity index (χ1) is 8.06. The first-order valence-corrected chi connectivity index (χ1v) is 5.22. The van der Waals surface area contributed by atoms with Crippen molar-refractivity contribution in [3.8, 4) is 11.5 Å². The molecule has 1 heterocycles. The number of hydrogen-bond acceptors (Lipinski definition) is 3. The number of hydrogen-bond donors (Lipinski definition) is 1. The zero-order valence-corrected chi connectivity index (χ0v) is 9.70. The number of benzene rings is 1. The summed E-state index contributed by atoms with van der Waals surface area (Å²) in [6.07, 6.45) is 1.62. The summed E-state index contributed by atoms with van der Waals surface area (Å²) < 4.78 is 19.1. The van der Waals surface area contributed by atoms with Crippen molar-refractivity contribution < 1.29 is 9.13 Å². The monoisotopic (exact) mass is 232 g/mol. The van der Waals surface area contributed by atoms with Gasteiger partial charge in [-0.2, -0.15) is 0 Å². The van der Waals surface area contributed by atoms with Crippen LogP contribution >= 0.6 is 0 Å². The molecule has 2 rings (SSSR count). The van der Waals surface area contributed by atoms with Gasteiger partial charge in [0.2, 0.25) is 0 Å². The lowest BCUT2D eigenvalue weighted by Gasteiger charge is -2.09. The van der Waals surface area contributed by atoms with E-state index in [1.165, 1.54) is 6.07 Å². The van der Waals surface area contributed by atoms with E-state index in [1.807, 2.05) is 6.92 Å². The van der Waals surface area contributed by atoms with Gasteiger partial charge >= 0.3 is 0 Å². The van der Waals surface area contributed by atoms with E-state index < -0.39 is 5.82 Å². The number of ether oxygens (including phenoxy) is 1. The zero-order chi connectivity index (χ0) is 12.4. The summed E-state index contributed by atoms with van der Waals surface area (Å²) in [4.78, 5) is 4.04. The molecule has 17 heavy (non-hydrogen) atoms. The van der Waals surface area contributed by atoms with E-state index in [0.29, 0.717) is 11.4 Å². The fourth-order valence-electron chi connectivity index (χ4n) is 1.46. The molecule has 2 N–H and O–H groups in total. The topological polar surface area (TPSA) is 48.1 Å². The fraction of sp³-hybridized carbons (Fsp3) is 0.154. The number of aromatic nitrogens is 1. The van der Waals surface area contributed by atoms with Crippen molar-refractivity contribution in [3.63, 3.8) is 0 Å². The van der Waals surface area contributed by atoms with Gasteiger partial charge in [0.05, 0.1) is 0 Å². The molecule has 0 aliphatic heterocycles. The molecule has 0 aliphatic carbocycles. The SMILES string of the molecule is Cc1cc(Oc2cc(C)c(N)cc2F)ccn1. The number of nitrogens with two attached hydrogens (primary N) is 1. The van der Waals surface area contributed by atoms with Gasteiger partial charge in [-0.05, 0) is 31.5 Å². The number of pyridine rings is 1. The molecular weight excluding hydrogens is 219 g/mol. The quantitative estimate of drug-likeness (QED) is 0.809. The summed E-state index contributed by atoms with van der Waals surface area (Å²) in [5.41, 5.74) is 7.62. The average molecular weight is 232 g/mol. The van der Waals surface area contributed by atoms with Crippen molar-refractivity contribution in [2.45, 2.75) is 13.8 Å². The smallest absolute Gasteiger partial charge is 0.167 e. The third-order valence-electron chi connectivity index (χ3n) is 2.42. The van der Waals surface area contributed by atoms with Crippen LogP contribution in [0.15, 0.2) is 30.5 Å². The molecule has 0 bridgehead atoms. The molecule has 1 aromatic carbocycles. The van der Waals surface area contributed by atoms with Crippen molar-refractivity contribution in [2.24, 2.45) is 0 Å². The highest BCUT2D eigenvalue weighted by Crippen LogP contribution is 2.28. The van der Waals surface area contributed by atoms with E-state index in [4.69, 9.17) is 10.5 Å². The molecule has 0 unspecified atom stereocenters. The van der Waals surface area contributed by atoms with Crippen LogP contribution in [0.25, 0.3) is 0 Å². The average Bonchev–Trinajstić information content (AvgIpc) is 2.26. The summed E-state index contributed by atoms with van der Waals surface area (Å²) >= 11 is 0. The second kappa shape index (κ2) is 4.41. The third-order valence-corrected chi connectivity index (χ3v) is 2.42. The molecule has 1 aromatic heterocycles. The Kier molecular flexibility index (Phi) is 2.95. The molecule has 2 aromatic rings. The number of aryl methyl sites for hydroxylation is 2. The normalized spacial score (nSPS) is 10.3. The second-order valence-electron chi connectivity index (χ2n) is 3.87. The van der Waals surface area contributed by atoms with Gasteiger partial charge in [-0.3, -0.25) is 4.98 Å². The Morgan fingerprint density at radius 1 is 1.24 bits per heavy atom. The van der Waals surface area contributed by atoms with E-state index in [1.54, 1.807) is 31.3 Å². The van der Waals surface area contributed by atoms with E-state index in [9.17, 15) is 4.39 Å². The molecule has 0 aliphatic rings. The molecule has 88 valence electrons. The lowest BCUT2D eigenvalue weighted by molar-refractivity contribution is 0.441. The Bertz CT molecular complexity index is 555. The summed E-state index contributed by atoms with van der Waals surface area (Å²) in [5, 5.41) is 0. The van der Waals surface area contributed by atoms with Gasteiger partial charge in [0.25, 0.3) is 0 Å². The molecule has 0 fully saturated rings. The summed E-state index contributed by atoms with van der Waals surface area (Å²) in [6.45, 7) is 3.65. The lowest BCUT2D eigenvalue weighted by atomic mass is 10.2. The van der Waals surface area contributed by atoms with Gasteiger partial charge in [-0.15, -0.1) is 0 Å². The number of anilines is 1. The number of rotatable bonds is 2. The Labute approximate surface area is 99.1 Å². The highest BCUT2D eigenvalue weighted by Gasteiger charge is 2.08. The molecule has 0 saturated carbocycles. The first kappa shape index (κ1) is 11.4. The Morgan fingerprint density at radius 3 is 2.71 bits per heavy atom. The minimum atomic E-state index is -0.470. The number of nitrogen functional groups attached to an aromatic ring is 1. The molecule has 0 amide bonds. The van der Waals surface area contributed by atoms with Gasteiger partial charge in [0.15, 0.2) is 11.6 Å². The molecule has 0 atom stereocenters. The molecule has 3 nitrogen and oxygen atoms in total. The van der Waals surface area contributed by atoms with Crippen molar-refractivity contribution >= 4 is 5.69 Å². The summed E-state index contributed by atoms with van der Waals surface area (Å²) in [7, 11) is 0. The molecular formula is C13H13FN2O. The highest BCUT2D eigenvalue weighted by atomic mass is 19.1. The van der Waals surface area contributed by atoms with Crippen LogP contribution in [0.5, 0.6) is 11.5 Å². The molecule has 0 spiro atoms. The molecule has 0 radical (unpaired) electrons. The minimum absolute atomic E-state index is 0.169. The van der Waals surface area contributed by atoms with Crippen LogP contribution in [0.2, 0.25) is 0 Å². The van der Waals surface area contributed by atoms with Crippen LogP contribution in [0.3, 0.4) is 0 Å². The zero-order valence-electron chi connectivity index (χ0n) is 9.70. The van der Waals surface area contributed by atoms with Crippen LogP contribution < -0.4 is 10.5 Å². The van der Waals surface area contributed by atoms with Crippen molar-refractivity contribution in [1.82, 2.24) is 4.98 Å². The Hall–Kier alpha value is -2.10. The van der Waals surface area contributed by atoms with Crippen LogP contribution in [0, 0.1) is 19.7 Å². The van der Waals surface area contributed by atoms with Crippen LogP contribution in [-0.2, 0) is 0 Å². The molecule has 4 heteroatoms. The van der Waals surface area contributed by atoms with Crippen LogP contribution in [0.4, 0.5) is 10.1 Å². The summed E-state index contributed by atoms with van der Waals surface area (Å²) in [6, 6.07) is 6.27. The van der Waals surface area contributed by atoms with Crippen molar-refractivity contribution in [2.75, 3.05) is 5.73 Å². The highest BCUT2D eigenvalue weighted by molar-refractivity contribution is 5.51. The standard InChI is InChI=1S/C13H13FN2O/c1-8-5-13(11(14)7-12(8)15)17-10-3-4-16-9(2)6-10/h3-7H,15H2,1-2H3. The maximum atomic E-state index is 13.6. The molecule has 0 saturated heterocycles. The van der Waals surface area contributed by atoms with Gasteiger partial charge < -0.3 is 10.5 Å².